The lowest BCUT2D eigenvalue weighted by Gasteiger charge is -2.29. The van der Waals surface area contributed by atoms with E-state index < -0.39 is 0 Å². The maximum atomic E-state index is 5.48. The van der Waals surface area contributed by atoms with Crippen LogP contribution in [-0.4, -0.2) is 54.1 Å². The van der Waals surface area contributed by atoms with Crippen LogP contribution in [0, 0.1) is 19.8 Å². The minimum Gasteiger partial charge on any atom is -0.496 e. The Morgan fingerprint density at radius 2 is 1.79 bits per heavy atom. The smallest absolute Gasteiger partial charge is 0.139 e. The largest absolute Gasteiger partial charge is 0.496 e. The van der Waals surface area contributed by atoms with Crippen LogP contribution in [-0.2, 0) is 0 Å². The van der Waals surface area contributed by atoms with Crippen LogP contribution in [0.5, 0.6) is 5.75 Å². The van der Waals surface area contributed by atoms with E-state index in [1.807, 2.05) is 0 Å². The number of anilines is 1. The molecule has 2 aromatic heterocycles. The van der Waals surface area contributed by atoms with Crippen LogP contribution in [0.15, 0.2) is 36.7 Å². The summed E-state index contributed by atoms with van der Waals surface area (Å²) in [5, 5.41) is 0. The summed E-state index contributed by atoms with van der Waals surface area (Å²) in [6, 6.07) is 8.80. The molecule has 0 bridgehead atoms. The molecule has 0 unspecified atom stereocenters. The van der Waals surface area contributed by atoms with Crippen molar-refractivity contribution in [2.24, 2.45) is 5.92 Å². The summed E-state index contributed by atoms with van der Waals surface area (Å²) in [7, 11) is 1.73. The second-order valence-electron chi connectivity index (χ2n) is 10.1. The molecule has 33 heavy (non-hydrogen) atoms. The molecule has 1 aliphatic carbocycles. The zero-order valence-corrected chi connectivity index (χ0v) is 20.5. The number of methoxy groups -OCH3 is 1. The molecule has 3 aromatic rings. The second-order valence-corrected chi connectivity index (χ2v) is 10.1. The number of rotatable bonds is 5. The van der Waals surface area contributed by atoms with Crippen LogP contribution in [0.2, 0.25) is 0 Å². The summed E-state index contributed by atoms with van der Waals surface area (Å²) in [4.78, 5) is 10.3. The molecule has 2 fully saturated rings. The van der Waals surface area contributed by atoms with E-state index in [2.05, 4.69) is 64.7 Å². The highest BCUT2D eigenvalue weighted by Gasteiger charge is 2.21. The van der Waals surface area contributed by atoms with Crippen LogP contribution in [0.1, 0.15) is 49.7 Å². The van der Waals surface area contributed by atoms with Crippen molar-refractivity contribution in [1.29, 1.82) is 0 Å². The quantitative estimate of drug-likeness (QED) is 0.502. The first-order valence-electron chi connectivity index (χ1n) is 12.7. The molecule has 1 saturated heterocycles. The Hall–Kier alpha value is -2.53. The Balaban J connectivity index is 1.31. The van der Waals surface area contributed by atoms with E-state index in [1.165, 1.54) is 75.0 Å². The first kappa shape index (κ1) is 22.3. The maximum Gasteiger partial charge on any atom is 0.139 e. The van der Waals surface area contributed by atoms with Gasteiger partial charge in [-0.1, -0.05) is 19.3 Å². The number of nitrogens with zero attached hydrogens (tertiary/aromatic N) is 4. The SMILES string of the molecule is COc1cc(C)c(-c2cn3ccc(N4CCCN(CC5CCCCC5)CC4)cc3n2)cc1C. The van der Waals surface area contributed by atoms with Gasteiger partial charge in [0.25, 0.3) is 0 Å². The van der Waals surface area contributed by atoms with Gasteiger partial charge in [-0.2, -0.15) is 0 Å². The van der Waals surface area contributed by atoms with Gasteiger partial charge < -0.3 is 18.9 Å². The van der Waals surface area contributed by atoms with E-state index in [0.717, 1.165) is 41.7 Å². The summed E-state index contributed by atoms with van der Waals surface area (Å²) in [5.41, 5.74) is 6.82. The van der Waals surface area contributed by atoms with Crippen molar-refractivity contribution in [3.05, 3.63) is 47.8 Å². The summed E-state index contributed by atoms with van der Waals surface area (Å²) in [5.74, 6) is 1.86. The monoisotopic (exact) mass is 446 g/mol. The average Bonchev–Trinajstić information content (AvgIpc) is 3.12. The van der Waals surface area contributed by atoms with Gasteiger partial charge in [0, 0.05) is 55.9 Å². The molecule has 2 aliphatic rings. The second kappa shape index (κ2) is 9.76. The van der Waals surface area contributed by atoms with Gasteiger partial charge in [-0.25, -0.2) is 4.98 Å². The fourth-order valence-corrected chi connectivity index (χ4v) is 5.73. The predicted molar refractivity (Wildman–Crippen MR) is 136 cm³/mol. The third kappa shape index (κ3) is 4.89. The Morgan fingerprint density at radius 3 is 2.61 bits per heavy atom. The minimum atomic E-state index is 0.926. The third-order valence-electron chi connectivity index (χ3n) is 7.66. The van der Waals surface area contributed by atoms with Gasteiger partial charge in [0.05, 0.1) is 12.8 Å². The van der Waals surface area contributed by atoms with Crippen molar-refractivity contribution in [3.63, 3.8) is 0 Å². The van der Waals surface area contributed by atoms with Gasteiger partial charge in [0.1, 0.15) is 11.4 Å². The van der Waals surface area contributed by atoms with Crippen molar-refractivity contribution in [2.45, 2.75) is 52.4 Å². The summed E-state index contributed by atoms with van der Waals surface area (Å²) >= 11 is 0. The van der Waals surface area contributed by atoms with Crippen molar-refractivity contribution in [3.8, 4) is 17.0 Å². The molecule has 0 spiro atoms. The summed E-state index contributed by atoms with van der Waals surface area (Å²) in [6.45, 7) is 10.2. The Bertz CT molecular complexity index is 1100. The first-order valence-corrected chi connectivity index (χ1v) is 12.7. The number of fused-ring (bicyclic) bond motifs is 1. The summed E-state index contributed by atoms with van der Waals surface area (Å²) in [6.07, 6.45) is 12.7. The van der Waals surface area contributed by atoms with Gasteiger partial charge in [-0.05, 0) is 74.9 Å². The van der Waals surface area contributed by atoms with Crippen LogP contribution >= 0.6 is 0 Å². The highest BCUT2D eigenvalue weighted by Crippen LogP contribution is 2.31. The number of ether oxygens (including phenoxy) is 1. The van der Waals surface area contributed by atoms with Gasteiger partial charge >= 0.3 is 0 Å². The van der Waals surface area contributed by atoms with Gasteiger partial charge in [-0.15, -0.1) is 0 Å². The molecule has 1 saturated carbocycles. The van der Waals surface area contributed by atoms with Crippen LogP contribution in [0.3, 0.4) is 0 Å². The zero-order valence-electron chi connectivity index (χ0n) is 20.5. The summed E-state index contributed by atoms with van der Waals surface area (Å²) < 4.78 is 7.63. The molecule has 176 valence electrons. The number of imidazole rings is 1. The molecule has 5 heteroatoms. The van der Waals surface area contributed by atoms with E-state index >= 15 is 0 Å². The van der Waals surface area contributed by atoms with Crippen LogP contribution in [0.25, 0.3) is 16.9 Å². The number of hydrogen-bond donors (Lipinski definition) is 0. The molecule has 5 nitrogen and oxygen atoms in total. The highest BCUT2D eigenvalue weighted by molar-refractivity contribution is 5.70. The van der Waals surface area contributed by atoms with Crippen molar-refractivity contribution in [2.75, 3.05) is 44.7 Å². The molecular formula is C28H38N4O. The normalized spacial score (nSPS) is 18.6. The van der Waals surface area contributed by atoms with E-state index in [0.29, 0.717) is 0 Å². The van der Waals surface area contributed by atoms with Crippen LogP contribution in [0.4, 0.5) is 5.69 Å². The topological polar surface area (TPSA) is 33.0 Å². The maximum absolute atomic E-state index is 5.48. The fourth-order valence-electron chi connectivity index (χ4n) is 5.73. The standard InChI is InChI=1S/C28H38N4O/c1-21-17-27(33-3)22(2)16-25(21)26-20-32-13-10-24(18-28(32)29-26)31-12-7-11-30(14-15-31)19-23-8-5-4-6-9-23/h10,13,16-18,20,23H,4-9,11-12,14-15,19H2,1-3H3. The number of pyridine rings is 1. The molecule has 1 aromatic carbocycles. The lowest BCUT2D eigenvalue weighted by molar-refractivity contribution is 0.211. The van der Waals surface area contributed by atoms with E-state index in [1.54, 1.807) is 7.11 Å². The molecule has 0 amide bonds. The third-order valence-corrected chi connectivity index (χ3v) is 7.66. The molecular weight excluding hydrogens is 408 g/mol. The lowest BCUT2D eigenvalue weighted by atomic mass is 9.89. The Morgan fingerprint density at radius 1 is 0.939 bits per heavy atom. The lowest BCUT2D eigenvalue weighted by Crippen LogP contribution is -2.34. The van der Waals surface area contributed by atoms with Crippen molar-refractivity contribution < 1.29 is 4.74 Å². The fraction of sp³-hybridized carbons (Fsp3) is 0.536. The van der Waals surface area contributed by atoms with Gasteiger partial charge in [0.2, 0.25) is 0 Å². The van der Waals surface area contributed by atoms with E-state index in [-0.39, 0.29) is 0 Å². The minimum absolute atomic E-state index is 0.926. The predicted octanol–water partition coefficient (Wildman–Crippen LogP) is 5.72. The number of aromatic nitrogens is 2. The Labute approximate surface area is 198 Å². The highest BCUT2D eigenvalue weighted by atomic mass is 16.5. The molecule has 1 aliphatic heterocycles. The number of hydrogen-bond acceptors (Lipinski definition) is 4. The number of benzene rings is 1. The molecule has 0 atom stereocenters. The molecule has 0 radical (unpaired) electrons. The van der Waals surface area contributed by atoms with Gasteiger partial charge in [-0.3, -0.25) is 0 Å². The molecule has 0 N–H and O–H groups in total. The number of aryl methyl sites for hydroxylation is 2. The van der Waals surface area contributed by atoms with Gasteiger partial charge in [0.15, 0.2) is 0 Å². The molecule has 5 rings (SSSR count). The zero-order chi connectivity index (χ0) is 22.8. The Kier molecular flexibility index (Phi) is 6.59. The van der Waals surface area contributed by atoms with Crippen molar-refractivity contribution >= 4 is 11.3 Å². The molecule has 3 heterocycles. The van der Waals surface area contributed by atoms with Crippen molar-refractivity contribution in [1.82, 2.24) is 14.3 Å². The average molecular weight is 447 g/mol. The first-order chi connectivity index (χ1) is 16.1. The van der Waals surface area contributed by atoms with E-state index in [9.17, 15) is 0 Å². The van der Waals surface area contributed by atoms with Crippen LogP contribution < -0.4 is 9.64 Å². The van der Waals surface area contributed by atoms with E-state index in [4.69, 9.17) is 9.72 Å².